The summed E-state index contributed by atoms with van der Waals surface area (Å²) in [5.74, 6) is 4.50. The van der Waals surface area contributed by atoms with Crippen molar-refractivity contribution >= 4 is 11.9 Å². The van der Waals surface area contributed by atoms with Crippen LogP contribution in [0, 0.1) is 52.3 Å². The highest BCUT2D eigenvalue weighted by Crippen LogP contribution is 2.68. The Morgan fingerprint density at radius 3 is 2.39 bits per heavy atom. The van der Waals surface area contributed by atoms with E-state index in [1.165, 1.54) is 70.8 Å². The number of fused-ring (bicyclic) bond motifs is 5. The third kappa shape index (κ3) is 5.80. The van der Waals surface area contributed by atoms with Crippen molar-refractivity contribution in [1.82, 2.24) is 0 Å². The third-order valence-electron chi connectivity index (χ3n) is 12.6. The number of carboxylic acids is 1. The summed E-state index contributed by atoms with van der Waals surface area (Å²) in [6.45, 7) is 13.8. The van der Waals surface area contributed by atoms with Gasteiger partial charge in [-0.15, -0.1) is 0 Å². The molecule has 9 atom stereocenters. The van der Waals surface area contributed by atoms with Crippen LogP contribution >= 0.6 is 0 Å². The predicted molar refractivity (Wildman–Crippen MR) is 162 cm³/mol. The molecule has 0 aliphatic heterocycles. The van der Waals surface area contributed by atoms with Gasteiger partial charge in [0.05, 0.1) is 6.10 Å². The number of esters is 1. The molecule has 0 saturated heterocycles. The Morgan fingerprint density at radius 1 is 0.951 bits per heavy atom. The number of rotatable bonds is 9. The van der Waals surface area contributed by atoms with Gasteiger partial charge in [-0.25, -0.2) is 4.79 Å². The van der Waals surface area contributed by atoms with Crippen LogP contribution in [-0.4, -0.2) is 23.1 Å². The van der Waals surface area contributed by atoms with Gasteiger partial charge >= 0.3 is 11.9 Å². The van der Waals surface area contributed by atoms with Crippen LogP contribution in [0.3, 0.4) is 0 Å². The molecule has 0 amide bonds. The summed E-state index contributed by atoms with van der Waals surface area (Å²) in [5.41, 5.74) is 0.896. The molecule has 5 rings (SSSR count). The molecule has 5 unspecified atom stereocenters. The van der Waals surface area contributed by atoms with Crippen molar-refractivity contribution in [3.05, 3.63) is 23.8 Å². The van der Waals surface area contributed by atoms with Crippen LogP contribution in [0.5, 0.6) is 11.5 Å². The first-order chi connectivity index (χ1) is 19.4. The highest BCUT2D eigenvalue weighted by molar-refractivity contribution is 5.92. The Bertz CT molecular complexity index is 1110. The second-order valence-corrected chi connectivity index (χ2v) is 15.2. The normalized spacial score (nSPS) is 37.0. The van der Waals surface area contributed by atoms with Gasteiger partial charge in [0.1, 0.15) is 5.56 Å². The van der Waals surface area contributed by atoms with Crippen LogP contribution in [0.1, 0.15) is 129 Å². The fraction of sp³-hybridized carbons (Fsp3) is 0.778. The van der Waals surface area contributed by atoms with E-state index in [-0.39, 0.29) is 23.2 Å². The minimum absolute atomic E-state index is 0.0570. The third-order valence-corrected chi connectivity index (χ3v) is 12.6. The van der Waals surface area contributed by atoms with Crippen LogP contribution in [0.15, 0.2) is 18.2 Å². The van der Waals surface area contributed by atoms with Gasteiger partial charge in [-0.2, -0.15) is 0 Å². The number of para-hydroxylation sites is 1. The molecule has 41 heavy (non-hydrogen) atoms. The average Bonchev–Trinajstić information content (AvgIpc) is 3.26. The lowest BCUT2D eigenvalue weighted by molar-refractivity contribution is -0.132. The van der Waals surface area contributed by atoms with Gasteiger partial charge in [0, 0.05) is 6.92 Å². The maximum absolute atomic E-state index is 12.0. The van der Waals surface area contributed by atoms with Crippen LogP contribution in [-0.2, 0) is 4.79 Å². The number of hydrogen-bond donors (Lipinski definition) is 1. The molecule has 0 aromatic heterocycles. The standard InChI is InChI=1S/C36H54O5/c1-22(2)9-7-10-23(3)29-15-16-30-27-14-13-25-21-26(17-19-35(25,5)31(27)18-20-36(29,30)6)41-33-28(34(38)39)11-8-12-32(33)40-24(4)37/h8,11-12,22-23,25-27,29-31H,7,9-10,13-21H2,1-6H3,(H,38,39)/t23-,25?,26?,27?,29-,30?,31?,35+,36-/m1/s1. The summed E-state index contributed by atoms with van der Waals surface area (Å²) < 4.78 is 11.8. The Labute approximate surface area is 248 Å². The first-order valence-corrected chi connectivity index (χ1v) is 16.7. The van der Waals surface area contributed by atoms with Gasteiger partial charge in [-0.3, -0.25) is 4.79 Å². The summed E-state index contributed by atoms with van der Waals surface area (Å²) in [5, 5.41) is 9.80. The molecule has 4 fully saturated rings. The summed E-state index contributed by atoms with van der Waals surface area (Å²) >= 11 is 0. The molecule has 5 nitrogen and oxygen atoms in total. The van der Waals surface area contributed by atoms with Gasteiger partial charge in [0.25, 0.3) is 0 Å². The molecule has 1 N–H and O–H groups in total. The molecule has 1 aromatic rings. The van der Waals surface area contributed by atoms with Crippen molar-refractivity contribution in [2.24, 2.45) is 52.3 Å². The van der Waals surface area contributed by atoms with E-state index in [0.29, 0.717) is 16.7 Å². The van der Waals surface area contributed by atoms with E-state index in [4.69, 9.17) is 9.47 Å². The number of carbonyl (C=O) groups is 2. The molecule has 4 aliphatic rings. The molecular formula is C36H54O5. The second kappa shape index (κ2) is 11.9. The molecule has 0 heterocycles. The quantitative estimate of drug-likeness (QED) is 0.238. The van der Waals surface area contributed by atoms with Gasteiger partial charge in [-0.05, 0) is 122 Å². The molecule has 0 spiro atoms. The number of aromatic carboxylic acids is 1. The highest BCUT2D eigenvalue weighted by atomic mass is 16.6. The fourth-order valence-electron chi connectivity index (χ4n) is 10.6. The van der Waals surface area contributed by atoms with Gasteiger partial charge < -0.3 is 14.6 Å². The zero-order chi connectivity index (χ0) is 29.5. The number of benzene rings is 1. The number of carbonyl (C=O) groups excluding carboxylic acids is 1. The largest absolute Gasteiger partial charge is 0.486 e. The van der Waals surface area contributed by atoms with E-state index in [1.54, 1.807) is 12.1 Å². The minimum Gasteiger partial charge on any atom is -0.486 e. The SMILES string of the molecule is CC(=O)Oc1cccc(C(=O)O)c1OC1CC[C@@]2(C)C(CCC3C2CC[C@@]2(C)C3CC[C@@H]2[C@H](C)CCCC(C)C)C1. The lowest BCUT2D eigenvalue weighted by atomic mass is 9.44. The zero-order valence-electron chi connectivity index (χ0n) is 26.4. The number of ether oxygens (including phenoxy) is 2. The number of carboxylic acid groups (broad SMARTS) is 1. The molecule has 4 saturated carbocycles. The van der Waals surface area contributed by atoms with Crippen LogP contribution < -0.4 is 9.47 Å². The van der Waals surface area contributed by atoms with Crippen molar-refractivity contribution in [2.45, 2.75) is 125 Å². The van der Waals surface area contributed by atoms with Gasteiger partial charge in [0.2, 0.25) is 0 Å². The molecule has 5 heteroatoms. The number of hydrogen-bond acceptors (Lipinski definition) is 4. The molecule has 1 aromatic carbocycles. The maximum Gasteiger partial charge on any atom is 0.339 e. The van der Waals surface area contributed by atoms with E-state index >= 15 is 0 Å². The van der Waals surface area contributed by atoms with E-state index in [0.717, 1.165) is 54.8 Å². The topological polar surface area (TPSA) is 72.8 Å². The van der Waals surface area contributed by atoms with Crippen molar-refractivity contribution in [1.29, 1.82) is 0 Å². The molecule has 4 aliphatic carbocycles. The average molecular weight is 567 g/mol. The summed E-state index contributed by atoms with van der Waals surface area (Å²) in [6.07, 6.45) is 15.2. The van der Waals surface area contributed by atoms with Crippen LogP contribution in [0.2, 0.25) is 0 Å². The Hall–Kier alpha value is -2.04. The van der Waals surface area contributed by atoms with E-state index in [9.17, 15) is 14.7 Å². The molecule has 228 valence electrons. The van der Waals surface area contributed by atoms with E-state index in [2.05, 4.69) is 34.6 Å². The van der Waals surface area contributed by atoms with E-state index in [1.807, 2.05) is 0 Å². The minimum atomic E-state index is -1.07. The van der Waals surface area contributed by atoms with E-state index < -0.39 is 11.9 Å². The van der Waals surface area contributed by atoms with Gasteiger partial charge in [-0.1, -0.05) is 59.9 Å². The van der Waals surface area contributed by atoms with Crippen molar-refractivity contribution in [3.63, 3.8) is 0 Å². The van der Waals surface area contributed by atoms with Crippen molar-refractivity contribution in [3.8, 4) is 11.5 Å². The monoisotopic (exact) mass is 566 g/mol. The Kier molecular flexibility index (Phi) is 8.84. The molecular weight excluding hydrogens is 512 g/mol. The van der Waals surface area contributed by atoms with Crippen LogP contribution in [0.4, 0.5) is 0 Å². The molecule has 0 bridgehead atoms. The fourth-order valence-corrected chi connectivity index (χ4v) is 10.6. The second-order valence-electron chi connectivity index (χ2n) is 15.2. The van der Waals surface area contributed by atoms with Crippen molar-refractivity contribution in [2.75, 3.05) is 0 Å². The van der Waals surface area contributed by atoms with Crippen molar-refractivity contribution < 1.29 is 24.2 Å². The lowest BCUT2D eigenvalue weighted by Crippen LogP contribution is -2.54. The Balaban J connectivity index is 1.27. The maximum atomic E-state index is 12.0. The zero-order valence-corrected chi connectivity index (χ0v) is 26.4. The van der Waals surface area contributed by atoms with Gasteiger partial charge in [0.15, 0.2) is 11.5 Å². The predicted octanol–water partition coefficient (Wildman–Crippen LogP) is 9.18. The first kappa shape index (κ1) is 30.4. The highest BCUT2D eigenvalue weighted by Gasteiger charge is 2.60. The summed E-state index contributed by atoms with van der Waals surface area (Å²) in [4.78, 5) is 23.7. The first-order valence-electron chi connectivity index (χ1n) is 16.7. The Morgan fingerprint density at radius 2 is 1.68 bits per heavy atom. The molecule has 0 radical (unpaired) electrons. The smallest absolute Gasteiger partial charge is 0.339 e. The summed E-state index contributed by atoms with van der Waals surface area (Å²) in [6, 6.07) is 4.76. The lowest BCUT2D eigenvalue weighted by Gasteiger charge is -2.61. The summed E-state index contributed by atoms with van der Waals surface area (Å²) in [7, 11) is 0. The van der Waals surface area contributed by atoms with Crippen LogP contribution in [0.25, 0.3) is 0 Å².